The van der Waals surface area contributed by atoms with E-state index in [0.29, 0.717) is 6.61 Å². The van der Waals surface area contributed by atoms with Crippen molar-refractivity contribution in [2.24, 2.45) is 0 Å². The van der Waals surface area contributed by atoms with Gasteiger partial charge in [0, 0.05) is 6.61 Å². The highest BCUT2D eigenvalue weighted by atomic mass is 19.3. The number of nitrogens with one attached hydrogen (secondary N) is 1. The Bertz CT molecular complexity index is 540. The lowest BCUT2D eigenvalue weighted by Crippen LogP contribution is -2.54. The zero-order valence-electron chi connectivity index (χ0n) is 12.7. The van der Waals surface area contributed by atoms with Gasteiger partial charge in [-0.1, -0.05) is 12.1 Å². The molecule has 1 saturated heterocycles. The number of alkyl halides is 2. The minimum Gasteiger partial charge on any atom is -0.376 e. The Morgan fingerprint density at radius 1 is 1.36 bits per heavy atom. The van der Waals surface area contributed by atoms with E-state index in [-0.39, 0.29) is 11.7 Å². The van der Waals surface area contributed by atoms with Crippen LogP contribution in [0, 0.1) is 5.82 Å². The normalized spacial score (nSPS) is 19.3. The van der Waals surface area contributed by atoms with Crippen LogP contribution in [0.15, 0.2) is 18.2 Å². The monoisotopic (exact) mass is 315 g/mol. The maximum atomic E-state index is 14.0. The summed E-state index contributed by atoms with van der Waals surface area (Å²) in [5.74, 6) is -1.88. The van der Waals surface area contributed by atoms with Crippen molar-refractivity contribution in [1.29, 1.82) is 0 Å². The Morgan fingerprint density at radius 2 is 2.09 bits per heavy atom. The Balaban J connectivity index is 2.16. The number of halogens is 3. The van der Waals surface area contributed by atoms with Gasteiger partial charge >= 0.3 is 0 Å². The quantitative estimate of drug-likeness (QED) is 0.917. The van der Waals surface area contributed by atoms with Crippen LogP contribution < -0.4 is 5.32 Å². The van der Waals surface area contributed by atoms with Crippen molar-refractivity contribution in [1.82, 2.24) is 5.32 Å². The summed E-state index contributed by atoms with van der Waals surface area (Å²) in [5.41, 5.74) is -1.84. The van der Waals surface area contributed by atoms with Gasteiger partial charge in [0.1, 0.15) is 5.82 Å². The molecule has 2 rings (SSSR count). The summed E-state index contributed by atoms with van der Waals surface area (Å²) in [6, 6.07) is 3.43. The van der Waals surface area contributed by atoms with E-state index in [1.165, 1.54) is 12.1 Å². The fraction of sp³-hybridized carbons (Fsp3) is 0.562. The summed E-state index contributed by atoms with van der Waals surface area (Å²) in [6.07, 6.45) is -0.355. The van der Waals surface area contributed by atoms with E-state index in [0.717, 1.165) is 25.3 Å². The smallest absolute Gasteiger partial charge is 0.266 e. The van der Waals surface area contributed by atoms with Crippen molar-refractivity contribution in [3.63, 3.8) is 0 Å². The minimum atomic E-state index is -2.96. The predicted molar refractivity (Wildman–Crippen MR) is 76.5 cm³/mol. The molecule has 0 radical (unpaired) electrons. The van der Waals surface area contributed by atoms with Crippen molar-refractivity contribution in [3.05, 3.63) is 35.1 Å². The number of carbonyl (C=O) groups is 1. The van der Waals surface area contributed by atoms with Crippen LogP contribution in [-0.2, 0) is 4.74 Å². The lowest BCUT2D eigenvalue weighted by Gasteiger charge is -2.37. The van der Waals surface area contributed by atoms with Crippen LogP contribution in [0.1, 0.15) is 55.5 Å². The molecule has 1 aliphatic rings. The molecular formula is C16H20F3NO2. The van der Waals surface area contributed by atoms with Gasteiger partial charge in [0.05, 0.1) is 22.8 Å². The van der Waals surface area contributed by atoms with E-state index >= 15 is 0 Å². The van der Waals surface area contributed by atoms with E-state index < -0.39 is 29.3 Å². The number of hydrogen-bond donors (Lipinski definition) is 1. The molecule has 6 heteroatoms. The summed E-state index contributed by atoms with van der Waals surface area (Å²) in [4.78, 5) is 12.2. The first-order valence-corrected chi connectivity index (χ1v) is 7.33. The molecule has 0 aliphatic carbocycles. The van der Waals surface area contributed by atoms with E-state index in [2.05, 4.69) is 5.32 Å². The average Bonchev–Trinajstić information content (AvgIpc) is 2.47. The van der Waals surface area contributed by atoms with Gasteiger partial charge in [-0.15, -0.1) is 0 Å². The first kappa shape index (κ1) is 16.8. The largest absolute Gasteiger partial charge is 0.376 e. The molecule has 1 unspecified atom stereocenters. The van der Waals surface area contributed by atoms with E-state index in [4.69, 9.17) is 4.74 Å². The standard InChI is InChI=1S/C16H20F3NO2/c1-16(2,12-8-3-4-9-22-12)20-15(21)11-7-5-6-10(13(11)17)14(18)19/h5-7,12,14H,3-4,8-9H2,1-2H3,(H,20,21). The van der Waals surface area contributed by atoms with Crippen LogP contribution in [-0.4, -0.2) is 24.2 Å². The molecule has 122 valence electrons. The molecule has 1 heterocycles. The Morgan fingerprint density at radius 3 is 2.68 bits per heavy atom. The van der Waals surface area contributed by atoms with Crippen LogP contribution >= 0.6 is 0 Å². The molecule has 1 amide bonds. The van der Waals surface area contributed by atoms with Crippen molar-refractivity contribution >= 4 is 5.91 Å². The molecule has 0 aromatic heterocycles. The van der Waals surface area contributed by atoms with Crippen LogP contribution in [0.25, 0.3) is 0 Å². The highest BCUT2D eigenvalue weighted by Crippen LogP contribution is 2.26. The number of benzene rings is 1. The van der Waals surface area contributed by atoms with Gasteiger partial charge < -0.3 is 10.1 Å². The number of hydrogen-bond acceptors (Lipinski definition) is 2. The van der Waals surface area contributed by atoms with Crippen molar-refractivity contribution in [3.8, 4) is 0 Å². The number of carbonyl (C=O) groups excluding carboxylic acids is 1. The van der Waals surface area contributed by atoms with Crippen LogP contribution in [0.4, 0.5) is 13.2 Å². The zero-order valence-corrected chi connectivity index (χ0v) is 12.7. The van der Waals surface area contributed by atoms with E-state index in [9.17, 15) is 18.0 Å². The average molecular weight is 315 g/mol. The van der Waals surface area contributed by atoms with Gasteiger partial charge in [-0.25, -0.2) is 13.2 Å². The second-order valence-corrected chi connectivity index (χ2v) is 6.04. The minimum absolute atomic E-state index is 0.174. The molecule has 0 saturated carbocycles. The molecular weight excluding hydrogens is 295 g/mol. The molecule has 1 aliphatic heterocycles. The summed E-state index contributed by atoms with van der Waals surface area (Å²) < 4.78 is 45.1. The molecule has 1 atom stereocenters. The molecule has 1 aromatic rings. The predicted octanol–water partition coefficient (Wildman–Crippen LogP) is 3.84. The summed E-state index contributed by atoms with van der Waals surface area (Å²) in [7, 11) is 0. The van der Waals surface area contributed by atoms with Gasteiger partial charge in [0.2, 0.25) is 0 Å². The fourth-order valence-corrected chi connectivity index (χ4v) is 2.64. The van der Waals surface area contributed by atoms with Crippen molar-refractivity contribution in [2.45, 2.75) is 51.2 Å². The lowest BCUT2D eigenvalue weighted by molar-refractivity contribution is -0.0318. The molecule has 3 nitrogen and oxygen atoms in total. The van der Waals surface area contributed by atoms with Gasteiger partial charge in [-0.3, -0.25) is 4.79 Å². The molecule has 0 spiro atoms. The zero-order chi connectivity index (χ0) is 16.3. The van der Waals surface area contributed by atoms with Gasteiger partial charge in [0.25, 0.3) is 12.3 Å². The second kappa shape index (κ2) is 6.69. The molecule has 1 aromatic carbocycles. The van der Waals surface area contributed by atoms with Crippen molar-refractivity contribution < 1.29 is 22.7 Å². The third kappa shape index (κ3) is 3.61. The molecule has 1 N–H and O–H groups in total. The van der Waals surface area contributed by atoms with Crippen LogP contribution in [0.2, 0.25) is 0 Å². The maximum Gasteiger partial charge on any atom is 0.266 e. The summed E-state index contributed by atoms with van der Waals surface area (Å²) in [5, 5.41) is 2.70. The number of ether oxygens (including phenoxy) is 1. The van der Waals surface area contributed by atoms with Gasteiger partial charge in [-0.2, -0.15) is 0 Å². The third-order valence-corrected chi connectivity index (χ3v) is 3.93. The highest BCUT2D eigenvalue weighted by molar-refractivity contribution is 5.95. The highest BCUT2D eigenvalue weighted by Gasteiger charge is 2.34. The van der Waals surface area contributed by atoms with Gasteiger partial charge in [-0.05, 0) is 39.2 Å². The summed E-state index contributed by atoms with van der Waals surface area (Å²) in [6.45, 7) is 4.20. The Kier molecular flexibility index (Phi) is 5.11. The number of rotatable bonds is 4. The lowest BCUT2D eigenvalue weighted by atomic mass is 9.90. The topological polar surface area (TPSA) is 38.3 Å². The number of amides is 1. The fourth-order valence-electron chi connectivity index (χ4n) is 2.64. The Hall–Kier alpha value is -1.56. The second-order valence-electron chi connectivity index (χ2n) is 6.04. The van der Waals surface area contributed by atoms with Gasteiger partial charge in [0.15, 0.2) is 0 Å². The Labute approximate surface area is 127 Å². The third-order valence-electron chi connectivity index (χ3n) is 3.93. The SMILES string of the molecule is CC(C)(NC(=O)c1cccc(C(F)F)c1F)C1CCCCO1. The maximum absolute atomic E-state index is 14.0. The summed E-state index contributed by atoms with van der Waals surface area (Å²) >= 11 is 0. The molecule has 22 heavy (non-hydrogen) atoms. The van der Waals surface area contributed by atoms with E-state index in [1.54, 1.807) is 13.8 Å². The van der Waals surface area contributed by atoms with E-state index in [1.807, 2.05) is 0 Å². The first-order chi connectivity index (χ1) is 10.3. The van der Waals surface area contributed by atoms with Crippen molar-refractivity contribution in [2.75, 3.05) is 6.61 Å². The van der Waals surface area contributed by atoms with Crippen LogP contribution in [0.3, 0.4) is 0 Å². The molecule has 1 fully saturated rings. The molecule has 0 bridgehead atoms. The van der Waals surface area contributed by atoms with Crippen LogP contribution in [0.5, 0.6) is 0 Å². The first-order valence-electron chi connectivity index (χ1n) is 7.33.